The summed E-state index contributed by atoms with van der Waals surface area (Å²) < 4.78 is 30.1. The van der Waals surface area contributed by atoms with Gasteiger partial charge in [-0.05, 0) is 80.3 Å². The van der Waals surface area contributed by atoms with Gasteiger partial charge in [0.15, 0.2) is 5.76 Å². The van der Waals surface area contributed by atoms with E-state index in [-0.39, 0.29) is 36.7 Å². The fourth-order valence-electron chi connectivity index (χ4n) is 3.91. The summed E-state index contributed by atoms with van der Waals surface area (Å²) in [5, 5.41) is 2.91. The summed E-state index contributed by atoms with van der Waals surface area (Å²) in [6, 6.07) is 14.6. The van der Waals surface area contributed by atoms with E-state index in [2.05, 4.69) is 5.32 Å². The largest absolute Gasteiger partial charge is 0.486 e. The fraction of sp³-hybridized carbons (Fsp3) is 0.333. The molecule has 1 fully saturated rings. The minimum Gasteiger partial charge on any atom is -0.486 e. The van der Waals surface area contributed by atoms with Crippen molar-refractivity contribution >= 4 is 17.5 Å². The molecule has 4 rings (SSSR count). The van der Waals surface area contributed by atoms with E-state index in [1.165, 1.54) is 29.2 Å². The van der Waals surface area contributed by atoms with Gasteiger partial charge in [-0.1, -0.05) is 12.1 Å². The minimum atomic E-state index is -0.398. The Morgan fingerprint density at radius 1 is 1.11 bits per heavy atom. The van der Waals surface area contributed by atoms with Crippen LogP contribution in [0.3, 0.4) is 0 Å². The number of benzene rings is 2. The summed E-state index contributed by atoms with van der Waals surface area (Å²) in [7, 11) is 0. The SMILES string of the molecule is Cc1cccc(NC(=O)CN(CC2CCCO2)C(=O)c2ccc(COc3ccc(F)cc3)o2)c1C. The second kappa shape index (κ2) is 11.2. The summed E-state index contributed by atoms with van der Waals surface area (Å²) in [4.78, 5) is 27.6. The van der Waals surface area contributed by atoms with E-state index >= 15 is 0 Å². The zero-order chi connectivity index (χ0) is 24.8. The molecule has 0 bridgehead atoms. The Balaban J connectivity index is 1.42. The topological polar surface area (TPSA) is 81.0 Å². The van der Waals surface area contributed by atoms with Gasteiger partial charge in [0.2, 0.25) is 5.91 Å². The molecule has 2 heterocycles. The molecule has 35 heavy (non-hydrogen) atoms. The number of hydrogen-bond donors (Lipinski definition) is 1. The number of carbonyl (C=O) groups excluding carboxylic acids is 2. The van der Waals surface area contributed by atoms with Crippen LogP contribution in [0.5, 0.6) is 5.75 Å². The third-order valence-corrected chi connectivity index (χ3v) is 6.02. The van der Waals surface area contributed by atoms with Crippen molar-refractivity contribution in [2.45, 2.75) is 39.4 Å². The summed E-state index contributed by atoms with van der Waals surface area (Å²) in [5.41, 5.74) is 2.77. The number of nitrogens with one attached hydrogen (secondary N) is 1. The van der Waals surface area contributed by atoms with E-state index in [1.807, 2.05) is 32.0 Å². The third kappa shape index (κ3) is 6.48. The van der Waals surface area contributed by atoms with Crippen LogP contribution in [0, 0.1) is 19.7 Å². The van der Waals surface area contributed by atoms with Crippen molar-refractivity contribution < 1.29 is 27.9 Å². The standard InChI is InChI=1S/C27H29FN2O5/c1-18-5-3-7-24(19(18)2)29-26(31)16-30(15-22-6-4-14-33-22)27(32)25-13-12-23(35-25)17-34-21-10-8-20(28)9-11-21/h3,5,7-13,22H,4,6,14-17H2,1-2H3,(H,29,31). The summed E-state index contributed by atoms with van der Waals surface area (Å²) in [6.45, 7) is 4.81. The highest BCUT2D eigenvalue weighted by Crippen LogP contribution is 2.20. The van der Waals surface area contributed by atoms with Gasteiger partial charge in [0.1, 0.15) is 30.5 Å². The Kier molecular flexibility index (Phi) is 7.82. The van der Waals surface area contributed by atoms with E-state index < -0.39 is 5.91 Å². The first-order chi connectivity index (χ1) is 16.9. The van der Waals surface area contributed by atoms with Crippen LogP contribution in [0.1, 0.15) is 40.3 Å². The molecular formula is C27H29FN2O5. The lowest BCUT2D eigenvalue weighted by molar-refractivity contribution is -0.117. The second-order valence-corrected chi connectivity index (χ2v) is 8.62. The highest BCUT2D eigenvalue weighted by molar-refractivity contribution is 5.98. The summed E-state index contributed by atoms with van der Waals surface area (Å²) >= 11 is 0. The van der Waals surface area contributed by atoms with Crippen LogP contribution in [-0.2, 0) is 16.1 Å². The third-order valence-electron chi connectivity index (χ3n) is 6.02. The Bertz CT molecular complexity index is 1170. The van der Waals surface area contributed by atoms with Crippen LogP contribution < -0.4 is 10.1 Å². The zero-order valence-electron chi connectivity index (χ0n) is 19.9. The maximum absolute atomic E-state index is 13.3. The molecule has 184 valence electrons. The highest BCUT2D eigenvalue weighted by atomic mass is 19.1. The monoisotopic (exact) mass is 480 g/mol. The first-order valence-electron chi connectivity index (χ1n) is 11.6. The molecule has 0 radical (unpaired) electrons. The van der Waals surface area contributed by atoms with Crippen LogP contribution >= 0.6 is 0 Å². The molecule has 1 N–H and O–H groups in total. The molecule has 3 aromatic rings. The molecular weight excluding hydrogens is 451 g/mol. The Morgan fingerprint density at radius 2 is 1.91 bits per heavy atom. The normalized spacial score (nSPS) is 15.1. The molecule has 8 heteroatoms. The van der Waals surface area contributed by atoms with Gasteiger partial charge in [-0.2, -0.15) is 0 Å². The van der Waals surface area contributed by atoms with Crippen molar-refractivity contribution in [2.75, 3.05) is 25.0 Å². The number of hydrogen-bond acceptors (Lipinski definition) is 5. The van der Waals surface area contributed by atoms with E-state index in [1.54, 1.807) is 12.1 Å². The predicted molar refractivity (Wildman–Crippen MR) is 129 cm³/mol. The molecule has 1 aromatic heterocycles. The van der Waals surface area contributed by atoms with Gasteiger partial charge < -0.3 is 24.1 Å². The molecule has 1 aliphatic heterocycles. The first-order valence-corrected chi connectivity index (χ1v) is 11.6. The number of furan rings is 1. The van der Waals surface area contributed by atoms with Gasteiger partial charge in [-0.3, -0.25) is 9.59 Å². The number of amides is 2. The van der Waals surface area contributed by atoms with E-state index in [9.17, 15) is 14.0 Å². The molecule has 1 aliphatic rings. The molecule has 0 aliphatic carbocycles. The number of nitrogens with zero attached hydrogens (tertiary/aromatic N) is 1. The van der Waals surface area contributed by atoms with Gasteiger partial charge in [0, 0.05) is 18.8 Å². The maximum atomic E-state index is 13.3. The van der Waals surface area contributed by atoms with Gasteiger partial charge in [0.25, 0.3) is 5.91 Å². The van der Waals surface area contributed by atoms with Crippen LogP contribution in [-0.4, -0.2) is 42.5 Å². The quantitative estimate of drug-likeness (QED) is 0.472. The van der Waals surface area contributed by atoms with E-state index in [0.29, 0.717) is 24.7 Å². The number of ether oxygens (including phenoxy) is 2. The Labute approximate surface area is 203 Å². The fourth-order valence-corrected chi connectivity index (χ4v) is 3.91. The van der Waals surface area contributed by atoms with Gasteiger partial charge >= 0.3 is 0 Å². The smallest absolute Gasteiger partial charge is 0.290 e. The van der Waals surface area contributed by atoms with Crippen molar-refractivity contribution in [3.8, 4) is 5.75 Å². The number of aryl methyl sites for hydroxylation is 1. The van der Waals surface area contributed by atoms with E-state index in [0.717, 1.165) is 29.7 Å². The molecule has 2 amide bonds. The van der Waals surface area contributed by atoms with Gasteiger partial charge in [-0.15, -0.1) is 0 Å². The number of anilines is 1. The molecule has 1 unspecified atom stereocenters. The predicted octanol–water partition coefficient (Wildman–Crippen LogP) is 4.87. The highest BCUT2D eigenvalue weighted by Gasteiger charge is 2.27. The number of carbonyl (C=O) groups is 2. The Morgan fingerprint density at radius 3 is 2.66 bits per heavy atom. The minimum absolute atomic E-state index is 0.0811. The molecule has 0 spiro atoms. The lowest BCUT2D eigenvalue weighted by atomic mass is 10.1. The van der Waals surface area contributed by atoms with Crippen molar-refractivity contribution in [1.82, 2.24) is 4.90 Å². The summed E-state index contributed by atoms with van der Waals surface area (Å²) in [6.07, 6.45) is 1.63. The van der Waals surface area contributed by atoms with E-state index in [4.69, 9.17) is 13.9 Å². The Hall–Kier alpha value is -3.65. The first kappa shape index (κ1) is 24.5. The molecule has 2 aromatic carbocycles. The zero-order valence-corrected chi connectivity index (χ0v) is 19.9. The van der Waals surface area contributed by atoms with Crippen molar-refractivity contribution in [1.29, 1.82) is 0 Å². The average Bonchev–Trinajstić information content (AvgIpc) is 3.53. The number of halogens is 1. The van der Waals surface area contributed by atoms with Gasteiger partial charge in [0.05, 0.1) is 6.10 Å². The van der Waals surface area contributed by atoms with Crippen molar-refractivity contribution in [3.05, 3.63) is 83.1 Å². The average molecular weight is 481 g/mol. The van der Waals surface area contributed by atoms with Crippen molar-refractivity contribution in [3.63, 3.8) is 0 Å². The molecule has 7 nitrogen and oxygen atoms in total. The lowest BCUT2D eigenvalue weighted by Crippen LogP contribution is -2.42. The van der Waals surface area contributed by atoms with Gasteiger partial charge in [-0.25, -0.2) is 4.39 Å². The van der Waals surface area contributed by atoms with Crippen molar-refractivity contribution in [2.24, 2.45) is 0 Å². The summed E-state index contributed by atoms with van der Waals surface area (Å²) in [5.74, 6) is -0.00843. The maximum Gasteiger partial charge on any atom is 0.290 e. The van der Waals surface area contributed by atoms with Crippen LogP contribution in [0.2, 0.25) is 0 Å². The van der Waals surface area contributed by atoms with Crippen LogP contribution in [0.15, 0.2) is 59.0 Å². The second-order valence-electron chi connectivity index (χ2n) is 8.62. The molecule has 1 saturated heterocycles. The van der Waals surface area contributed by atoms with Crippen LogP contribution in [0.25, 0.3) is 0 Å². The van der Waals surface area contributed by atoms with Crippen LogP contribution in [0.4, 0.5) is 10.1 Å². The molecule has 1 atom stereocenters. The molecule has 0 saturated carbocycles. The lowest BCUT2D eigenvalue weighted by Gasteiger charge is -2.24. The number of rotatable bonds is 9.